The Morgan fingerprint density at radius 3 is 1.28 bits per heavy atom. The molecule has 4 nitrogen and oxygen atoms in total. The molecule has 0 radical (unpaired) electrons. The van der Waals surface area contributed by atoms with Gasteiger partial charge in [0.2, 0.25) is 0 Å². The van der Waals surface area contributed by atoms with Crippen LogP contribution < -0.4 is 22.9 Å². The summed E-state index contributed by atoms with van der Waals surface area (Å²) in [5.74, 6) is 0. The molecule has 142 valence electrons. The maximum Gasteiger partial charge on any atom is 0.0715 e. The van der Waals surface area contributed by atoms with Crippen molar-refractivity contribution in [2.75, 3.05) is 22.9 Å². The van der Waals surface area contributed by atoms with Crippen molar-refractivity contribution in [2.24, 2.45) is 0 Å². The summed E-state index contributed by atoms with van der Waals surface area (Å²) in [7, 11) is 0. The van der Waals surface area contributed by atoms with Crippen LogP contribution >= 0.6 is 0 Å². The summed E-state index contributed by atoms with van der Waals surface area (Å²) in [6.07, 6.45) is 0. The summed E-state index contributed by atoms with van der Waals surface area (Å²) in [6.45, 7) is 0. The molecule has 1 aliphatic carbocycles. The minimum Gasteiger partial charge on any atom is -0.399 e. The van der Waals surface area contributed by atoms with Crippen LogP contribution in [-0.4, -0.2) is 0 Å². The quantitative estimate of drug-likeness (QED) is 0.342. The lowest BCUT2D eigenvalue weighted by atomic mass is 9.67. The summed E-state index contributed by atoms with van der Waals surface area (Å²) in [5, 5.41) is 0. The summed E-state index contributed by atoms with van der Waals surface area (Å²) in [4.78, 5) is 0. The third-order valence-corrected chi connectivity index (χ3v) is 5.82. The normalized spacial score (nSPS) is 13.7. The van der Waals surface area contributed by atoms with Gasteiger partial charge in [0.1, 0.15) is 0 Å². The number of nitrogens with two attached hydrogens (primary N) is 4. The van der Waals surface area contributed by atoms with Crippen LogP contribution in [-0.2, 0) is 5.41 Å². The van der Waals surface area contributed by atoms with Gasteiger partial charge in [-0.3, -0.25) is 0 Å². The molecule has 4 aromatic rings. The van der Waals surface area contributed by atoms with E-state index in [4.69, 9.17) is 22.9 Å². The van der Waals surface area contributed by atoms with Crippen LogP contribution in [0.5, 0.6) is 0 Å². The Hall–Kier alpha value is -3.92. The molecule has 0 saturated heterocycles. The molecule has 0 heterocycles. The Bertz CT molecular complexity index is 1160. The summed E-state index contributed by atoms with van der Waals surface area (Å²) in [5.41, 5.74) is 33.7. The van der Waals surface area contributed by atoms with Crippen molar-refractivity contribution in [3.63, 3.8) is 0 Å². The first-order valence-corrected chi connectivity index (χ1v) is 9.52. The van der Waals surface area contributed by atoms with Gasteiger partial charge in [-0.05, 0) is 81.9 Å². The maximum absolute atomic E-state index is 6.22. The van der Waals surface area contributed by atoms with Crippen molar-refractivity contribution in [3.05, 3.63) is 107 Å². The average Bonchev–Trinajstić information content (AvgIpc) is 2.98. The van der Waals surface area contributed by atoms with Gasteiger partial charge in [0.15, 0.2) is 0 Å². The number of fused-ring (bicyclic) bond motifs is 3. The van der Waals surface area contributed by atoms with E-state index >= 15 is 0 Å². The first-order chi connectivity index (χ1) is 14.0. The number of hydrogen-bond donors (Lipinski definition) is 4. The van der Waals surface area contributed by atoms with Gasteiger partial charge in [0, 0.05) is 22.7 Å². The number of rotatable bonds is 2. The lowest BCUT2D eigenvalue weighted by molar-refractivity contribution is 0.769. The highest BCUT2D eigenvalue weighted by molar-refractivity contribution is 5.89. The summed E-state index contributed by atoms with van der Waals surface area (Å²) >= 11 is 0. The number of hydrogen-bond acceptors (Lipinski definition) is 4. The predicted octanol–water partition coefficient (Wildman–Crippen LogP) is 4.38. The summed E-state index contributed by atoms with van der Waals surface area (Å²) < 4.78 is 0. The molecular weight excluding hydrogens is 356 g/mol. The fraction of sp³-hybridized carbons (Fsp3) is 0.0400. The molecule has 0 bridgehead atoms. The highest BCUT2D eigenvalue weighted by Crippen LogP contribution is 2.57. The van der Waals surface area contributed by atoms with Crippen molar-refractivity contribution < 1.29 is 0 Å². The minimum atomic E-state index is -0.559. The SMILES string of the molecule is Nc1cccc(C2(c3cccc(N)c3)c3ccc(N)cc3-c3cc(N)ccc32)c1. The Morgan fingerprint density at radius 2 is 0.862 bits per heavy atom. The van der Waals surface area contributed by atoms with Gasteiger partial charge in [0.25, 0.3) is 0 Å². The standard InChI is InChI=1S/C25H22N4/c26-17-5-1-3-15(11-17)25(16-4-2-6-18(27)12-16)23-9-7-19(28)13-21(23)22-14-20(29)8-10-24(22)25/h1-14H,26-29H2. The van der Waals surface area contributed by atoms with E-state index in [2.05, 4.69) is 24.3 Å². The number of benzene rings is 4. The van der Waals surface area contributed by atoms with E-state index in [9.17, 15) is 0 Å². The highest BCUT2D eigenvalue weighted by atomic mass is 14.6. The van der Waals surface area contributed by atoms with E-state index in [0.29, 0.717) is 22.7 Å². The Labute approximate surface area is 169 Å². The van der Waals surface area contributed by atoms with Gasteiger partial charge >= 0.3 is 0 Å². The average molecular weight is 378 g/mol. The topological polar surface area (TPSA) is 104 Å². The van der Waals surface area contributed by atoms with E-state index in [1.807, 2.05) is 60.7 Å². The molecule has 0 spiro atoms. The molecule has 0 saturated carbocycles. The molecule has 1 aliphatic rings. The first kappa shape index (κ1) is 17.2. The van der Waals surface area contributed by atoms with Crippen LogP contribution in [0.2, 0.25) is 0 Å². The van der Waals surface area contributed by atoms with E-state index in [1.54, 1.807) is 0 Å². The third kappa shape index (κ3) is 2.39. The van der Waals surface area contributed by atoms with Crippen LogP contribution in [0.15, 0.2) is 84.9 Å². The molecular formula is C25H22N4. The van der Waals surface area contributed by atoms with E-state index in [0.717, 1.165) is 33.4 Å². The molecule has 0 amide bonds. The zero-order valence-corrected chi connectivity index (χ0v) is 15.9. The van der Waals surface area contributed by atoms with Crippen LogP contribution in [0.1, 0.15) is 22.3 Å². The first-order valence-electron chi connectivity index (χ1n) is 9.52. The second-order valence-electron chi connectivity index (χ2n) is 7.61. The van der Waals surface area contributed by atoms with Crippen LogP contribution in [0, 0.1) is 0 Å². The molecule has 0 aliphatic heterocycles. The highest BCUT2D eigenvalue weighted by Gasteiger charge is 2.46. The van der Waals surface area contributed by atoms with E-state index < -0.39 is 5.41 Å². The van der Waals surface area contributed by atoms with Crippen LogP contribution in [0.3, 0.4) is 0 Å². The van der Waals surface area contributed by atoms with Crippen LogP contribution in [0.4, 0.5) is 22.7 Å². The van der Waals surface area contributed by atoms with Gasteiger partial charge in [0.05, 0.1) is 5.41 Å². The lowest BCUT2D eigenvalue weighted by Gasteiger charge is -2.34. The van der Waals surface area contributed by atoms with Crippen molar-refractivity contribution in [3.8, 4) is 11.1 Å². The molecule has 0 unspecified atom stereocenters. The fourth-order valence-electron chi connectivity index (χ4n) is 4.70. The van der Waals surface area contributed by atoms with E-state index in [1.165, 1.54) is 0 Å². The zero-order chi connectivity index (χ0) is 20.2. The second kappa shape index (κ2) is 6.04. The van der Waals surface area contributed by atoms with Gasteiger partial charge in [-0.1, -0.05) is 36.4 Å². The van der Waals surface area contributed by atoms with E-state index in [-0.39, 0.29) is 0 Å². The minimum absolute atomic E-state index is 0.559. The summed E-state index contributed by atoms with van der Waals surface area (Å²) in [6, 6.07) is 28.2. The predicted molar refractivity (Wildman–Crippen MR) is 121 cm³/mol. The molecule has 0 fully saturated rings. The third-order valence-electron chi connectivity index (χ3n) is 5.82. The van der Waals surface area contributed by atoms with Crippen molar-refractivity contribution in [1.29, 1.82) is 0 Å². The van der Waals surface area contributed by atoms with Gasteiger partial charge in [-0.15, -0.1) is 0 Å². The molecule has 5 rings (SSSR count). The second-order valence-corrected chi connectivity index (χ2v) is 7.61. The molecule has 0 atom stereocenters. The molecule has 4 heteroatoms. The Kier molecular flexibility index (Phi) is 3.58. The molecule has 0 aromatic heterocycles. The molecule has 8 N–H and O–H groups in total. The molecule has 29 heavy (non-hydrogen) atoms. The van der Waals surface area contributed by atoms with Gasteiger partial charge < -0.3 is 22.9 Å². The maximum atomic E-state index is 6.22. The number of anilines is 4. The smallest absolute Gasteiger partial charge is 0.0715 e. The largest absolute Gasteiger partial charge is 0.399 e. The van der Waals surface area contributed by atoms with Crippen molar-refractivity contribution in [1.82, 2.24) is 0 Å². The van der Waals surface area contributed by atoms with Crippen molar-refractivity contribution in [2.45, 2.75) is 5.41 Å². The monoisotopic (exact) mass is 378 g/mol. The van der Waals surface area contributed by atoms with Crippen molar-refractivity contribution >= 4 is 22.7 Å². The lowest BCUT2D eigenvalue weighted by Crippen LogP contribution is -2.28. The fourth-order valence-corrected chi connectivity index (χ4v) is 4.70. The van der Waals surface area contributed by atoms with Gasteiger partial charge in [-0.25, -0.2) is 0 Å². The zero-order valence-electron chi connectivity index (χ0n) is 15.9. The van der Waals surface area contributed by atoms with Gasteiger partial charge in [-0.2, -0.15) is 0 Å². The Morgan fingerprint density at radius 1 is 0.448 bits per heavy atom. The van der Waals surface area contributed by atoms with Crippen LogP contribution in [0.25, 0.3) is 11.1 Å². The molecule has 4 aromatic carbocycles. The Balaban J connectivity index is 1.99. The number of nitrogen functional groups attached to an aromatic ring is 4.